The number of rotatable bonds is 2. The Balaban J connectivity index is 1.80. The average molecular weight is 276 g/mol. The Morgan fingerprint density at radius 1 is 1.20 bits per heavy atom. The van der Waals surface area contributed by atoms with Crippen molar-refractivity contribution >= 4 is 5.78 Å². The average Bonchev–Trinajstić information content (AvgIpc) is 2.71. The first-order valence-electron chi connectivity index (χ1n) is 7.58. The summed E-state index contributed by atoms with van der Waals surface area (Å²) in [7, 11) is 0. The molecule has 0 radical (unpaired) electrons. The van der Waals surface area contributed by atoms with Gasteiger partial charge >= 0.3 is 0 Å². The van der Waals surface area contributed by atoms with E-state index in [1.54, 1.807) is 25.1 Å². The van der Waals surface area contributed by atoms with Crippen LogP contribution >= 0.6 is 0 Å². The minimum atomic E-state index is -0.327. The van der Waals surface area contributed by atoms with Crippen molar-refractivity contribution in [2.75, 3.05) is 0 Å². The monoisotopic (exact) mass is 276 g/mol. The largest absolute Gasteiger partial charge is 0.486 e. The van der Waals surface area contributed by atoms with Gasteiger partial charge in [0.25, 0.3) is 0 Å². The van der Waals surface area contributed by atoms with Gasteiger partial charge in [0.1, 0.15) is 11.9 Å². The van der Waals surface area contributed by atoms with Crippen molar-refractivity contribution in [3.05, 3.63) is 29.6 Å². The lowest BCUT2D eigenvalue weighted by Crippen LogP contribution is -2.56. The Bertz CT molecular complexity index is 516. The number of hydrogen-bond donors (Lipinski definition) is 0. The van der Waals surface area contributed by atoms with Crippen LogP contribution in [-0.4, -0.2) is 11.9 Å². The number of halogens is 1. The zero-order valence-corrected chi connectivity index (χ0v) is 12.0. The zero-order chi connectivity index (χ0) is 14.2. The topological polar surface area (TPSA) is 26.3 Å². The van der Waals surface area contributed by atoms with Gasteiger partial charge in [-0.15, -0.1) is 0 Å². The van der Waals surface area contributed by atoms with Crippen LogP contribution in [-0.2, 0) is 4.79 Å². The number of ether oxygens (including phenoxy) is 1. The van der Waals surface area contributed by atoms with Crippen molar-refractivity contribution in [1.82, 2.24) is 0 Å². The maximum Gasteiger partial charge on any atom is 0.167 e. The molecule has 3 rings (SSSR count). The standard InChI is InChI=1S/C17H21FO2/c1-12-7-6-8-13(16(12)18)20-15-11-14(19)17(15)9-4-2-3-5-10-17/h6-8,15H,2-5,9-11H2,1H3. The fourth-order valence-electron chi connectivity index (χ4n) is 3.59. The van der Waals surface area contributed by atoms with Crippen molar-refractivity contribution in [1.29, 1.82) is 0 Å². The van der Waals surface area contributed by atoms with E-state index in [0.717, 1.165) is 25.7 Å². The van der Waals surface area contributed by atoms with E-state index in [9.17, 15) is 9.18 Å². The molecule has 2 nitrogen and oxygen atoms in total. The lowest BCUT2D eigenvalue weighted by atomic mass is 9.60. The number of benzene rings is 1. The van der Waals surface area contributed by atoms with E-state index in [4.69, 9.17) is 4.74 Å². The highest BCUT2D eigenvalue weighted by Gasteiger charge is 2.55. The van der Waals surface area contributed by atoms with E-state index < -0.39 is 0 Å². The lowest BCUT2D eigenvalue weighted by Gasteiger charge is -2.47. The fraction of sp³-hybridized carbons (Fsp3) is 0.588. The van der Waals surface area contributed by atoms with Crippen molar-refractivity contribution in [2.24, 2.45) is 5.41 Å². The lowest BCUT2D eigenvalue weighted by molar-refractivity contribution is -0.154. The van der Waals surface area contributed by atoms with E-state index in [-0.39, 0.29) is 17.3 Å². The molecule has 1 spiro atoms. The van der Waals surface area contributed by atoms with Gasteiger partial charge in [-0.3, -0.25) is 4.79 Å². The highest BCUT2D eigenvalue weighted by Crippen LogP contribution is 2.49. The summed E-state index contributed by atoms with van der Waals surface area (Å²) in [6.45, 7) is 1.73. The van der Waals surface area contributed by atoms with Crippen LogP contribution in [0.5, 0.6) is 5.75 Å². The molecule has 2 aliphatic carbocycles. The molecule has 0 aromatic heterocycles. The maximum absolute atomic E-state index is 14.0. The van der Waals surface area contributed by atoms with Gasteiger partial charge in [0.05, 0.1) is 5.41 Å². The Morgan fingerprint density at radius 2 is 1.90 bits per heavy atom. The van der Waals surface area contributed by atoms with E-state index >= 15 is 0 Å². The summed E-state index contributed by atoms with van der Waals surface area (Å²) < 4.78 is 19.9. The zero-order valence-electron chi connectivity index (χ0n) is 12.0. The molecule has 1 aromatic carbocycles. The predicted molar refractivity (Wildman–Crippen MR) is 75.3 cm³/mol. The van der Waals surface area contributed by atoms with Gasteiger partial charge in [-0.1, -0.05) is 37.8 Å². The molecule has 0 saturated heterocycles. The third kappa shape index (κ3) is 2.13. The molecule has 20 heavy (non-hydrogen) atoms. The van der Waals surface area contributed by atoms with Crippen molar-refractivity contribution in [3.63, 3.8) is 0 Å². The molecular formula is C17H21FO2. The fourth-order valence-corrected chi connectivity index (χ4v) is 3.59. The first-order chi connectivity index (χ1) is 9.63. The van der Waals surface area contributed by atoms with E-state index in [0.29, 0.717) is 23.5 Å². The normalized spacial score (nSPS) is 25.1. The highest BCUT2D eigenvalue weighted by atomic mass is 19.1. The summed E-state index contributed by atoms with van der Waals surface area (Å²) in [6.07, 6.45) is 6.68. The van der Waals surface area contributed by atoms with Crippen LogP contribution in [0.3, 0.4) is 0 Å². The Kier molecular flexibility index (Phi) is 3.53. The maximum atomic E-state index is 14.0. The van der Waals surface area contributed by atoms with Crippen LogP contribution in [0.15, 0.2) is 18.2 Å². The smallest absolute Gasteiger partial charge is 0.167 e. The van der Waals surface area contributed by atoms with Gasteiger partial charge in [0.2, 0.25) is 0 Å². The Morgan fingerprint density at radius 3 is 2.55 bits per heavy atom. The molecule has 3 heteroatoms. The quantitative estimate of drug-likeness (QED) is 0.809. The van der Waals surface area contributed by atoms with Crippen LogP contribution < -0.4 is 4.74 Å². The summed E-state index contributed by atoms with van der Waals surface area (Å²) in [4.78, 5) is 12.1. The number of hydrogen-bond acceptors (Lipinski definition) is 2. The second-order valence-electron chi connectivity index (χ2n) is 6.19. The van der Waals surface area contributed by atoms with Crippen LogP contribution in [0.2, 0.25) is 0 Å². The first-order valence-corrected chi connectivity index (χ1v) is 7.58. The van der Waals surface area contributed by atoms with Gasteiger partial charge in [0, 0.05) is 6.42 Å². The van der Waals surface area contributed by atoms with Gasteiger partial charge in [-0.05, 0) is 31.4 Å². The molecular weight excluding hydrogens is 255 g/mol. The van der Waals surface area contributed by atoms with Crippen LogP contribution in [0.25, 0.3) is 0 Å². The minimum absolute atomic E-state index is 0.135. The van der Waals surface area contributed by atoms with Gasteiger partial charge < -0.3 is 4.74 Å². The van der Waals surface area contributed by atoms with Crippen molar-refractivity contribution in [2.45, 2.75) is 58.0 Å². The first kappa shape index (κ1) is 13.6. The molecule has 0 aliphatic heterocycles. The Labute approximate surface area is 119 Å². The van der Waals surface area contributed by atoms with Gasteiger partial charge in [0.15, 0.2) is 11.6 Å². The Hall–Kier alpha value is -1.38. The molecule has 2 aliphatic rings. The summed E-state index contributed by atoms with van der Waals surface area (Å²) >= 11 is 0. The van der Waals surface area contributed by atoms with Gasteiger partial charge in [-0.2, -0.15) is 0 Å². The highest BCUT2D eigenvalue weighted by molar-refractivity contribution is 5.92. The van der Waals surface area contributed by atoms with Crippen LogP contribution in [0, 0.1) is 18.2 Å². The van der Waals surface area contributed by atoms with Crippen molar-refractivity contribution in [3.8, 4) is 5.75 Å². The summed E-state index contributed by atoms with van der Waals surface area (Å²) in [6, 6.07) is 5.19. The van der Waals surface area contributed by atoms with Crippen LogP contribution in [0.4, 0.5) is 4.39 Å². The third-order valence-electron chi connectivity index (χ3n) is 4.96. The molecule has 0 amide bonds. The minimum Gasteiger partial charge on any atom is -0.486 e. The SMILES string of the molecule is Cc1cccc(OC2CC(=O)C23CCCCCC3)c1F. The molecule has 0 bridgehead atoms. The second-order valence-corrected chi connectivity index (χ2v) is 6.19. The summed E-state index contributed by atoms with van der Waals surface area (Å²) in [5.74, 6) is 0.319. The summed E-state index contributed by atoms with van der Waals surface area (Å²) in [5.41, 5.74) is 0.259. The molecule has 0 N–H and O–H groups in total. The molecule has 0 heterocycles. The third-order valence-corrected chi connectivity index (χ3v) is 4.96. The molecule has 2 saturated carbocycles. The molecule has 1 atom stereocenters. The number of carbonyl (C=O) groups is 1. The van der Waals surface area contributed by atoms with Crippen LogP contribution in [0.1, 0.15) is 50.5 Å². The molecule has 2 fully saturated rings. The summed E-state index contributed by atoms with van der Waals surface area (Å²) in [5, 5.41) is 0. The number of aryl methyl sites for hydroxylation is 1. The predicted octanol–water partition coefficient (Wildman–Crippen LogP) is 4.19. The van der Waals surface area contributed by atoms with Crippen molar-refractivity contribution < 1.29 is 13.9 Å². The molecule has 1 unspecified atom stereocenters. The van der Waals surface area contributed by atoms with E-state index in [1.165, 1.54) is 12.8 Å². The van der Waals surface area contributed by atoms with E-state index in [1.807, 2.05) is 0 Å². The number of carbonyl (C=O) groups excluding carboxylic acids is 1. The number of Topliss-reactive ketones (excluding diaryl/α,β-unsaturated/α-hetero) is 1. The number of ketones is 1. The second kappa shape index (κ2) is 5.19. The van der Waals surface area contributed by atoms with E-state index in [2.05, 4.69) is 0 Å². The molecule has 108 valence electrons. The molecule has 1 aromatic rings. The van der Waals surface area contributed by atoms with Gasteiger partial charge in [-0.25, -0.2) is 4.39 Å².